The summed E-state index contributed by atoms with van der Waals surface area (Å²) in [6, 6.07) is 5.72. The van der Waals surface area contributed by atoms with Gasteiger partial charge in [-0.05, 0) is 31.5 Å². The van der Waals surface area contributed by atoms with Crippen LogP contribution in [0.4, 0.5) is 13.2 Å². The highest BCUT2D eigenvalue weighted by Crippen LogP contribution is 2.23. The van der Waals surface area contributed by atoms with E-state index in [2.05, 4.69) is 10.1 Å². The number of hydrogen-bond donors (Lipinski definition) is 1. The first-order valence-corrected chi connectivity index (χ1v) is 7.13. The minimum atomic E-state index is -4.68. The number of thioether (sulfide) groups is 1. The Labute approximate surface area is 119 Å². The Hall–Kier alpha value is -1.37. The molecule has 0 aliphatic rings. The van der Waals surface area contributed by atoms with E-state index in [1.165, 1.54) is 23.9 Å². The third-order valence-corrected chi connectivity index (χ3v) is 3.11. The molecule has 0 saturated carbocycles. The zero-order valence-electron chi connectivity index (χ0n) is 11.2. The molecule has 0 aliphatic carbocycles. The molecule has 20 heavy (non-hydrogen) atoms. The molecule has 0 aromatic heterocycles. The van der Waals surface area contributed by atoms with Crippen molar-refractivity contribution in [2.45, 2.75) is 32.0 Å². The second-order valence-electron chi connectivity index (χ2n) is 4.41. The maximum absolute atomic E-state index is 12.0. The fourth-order valence-corrected chi connectivity index (χ4v) is 2.21. The monoisotopic (exact) mass is 307 g/mol. The van der Waals surface area contributed by atoms with Crippen molar-refractivity contribution in [3.63, 3.8) is 0 Å². The molecule has 0 aliphatic heterocycles. The number of carbonyl (C=O) groups excluding carboxylic acids is 1. The summed E-state index contributed by atoms with van der Waals surface area (Å²) in [4.78, 5) is 11.4. The van der Waals surface area contributed by atoms with Gasteiger partial charge in [-0.2, -0.15) is 0 Å². The lowest BCUT2D eigenvalue weighted by molar-refractivity contribution is -0.274. The first-order valence-electron chi connectivity index (χ1n) is 5.98. The summed E-state index contributed by atoms with van der Waals surface area (Å²) in [5.41, 5.74) is 0.835. The van der Waals surface area contributed by atoms with Crippen LogP contribution < -0.4 is 10.1 Å². The number of benzene rings is 1. The third kappa shape index (κ3) is 7.28. The second kappa shape index (κ2) is 7.42. The molecule has 0 heterocycles. The summed E-state index contributed by atoms with van der Waals surface area (Å²) in [6.45, 7) is 3.75. The first-order chi connectivity index (χ1) is 9.26. The Bertz CT molecular complexity index is 432. The van der Waals surface area contributed by atoms with Crippen LogP contribution in [0.1, 0.15) is 19.4 Å². The number of rotatable bonds is 6. The SMILES string of the molecule is CC(C)NC(=O)CSCc1ccc(OC(F)(F)F)cc1. The van der Waals surface area contributed by atoms with Crippen LogP contribution >= 0.6 is 11.8 Å². The van der Waals surface area contributed by atoms with E-state index in [0.717, 1.165) is 5.56 Å². The number of halogens is 3. The minimum absolute atomic E-state index is 0.0537. The summed E-state index contributed by atoms with van der Waals surface area (Å²) in [5, 5.41) is 2.76. The Morgan fingerprint density at radius 1 is 1.30 bits per heavy atom. The van der Waals surface area contributed by atoms with Gasteiger partial charge >= 0.3 is 6.36 Å². The van der Waals surface area contributed by atoms with Crippen molar-refractivity contribution in [3.05, 3.63) is 29.8 Å². The topological polar surface area (TPSA) is 38.3 Å². The average Bonchev–Trinajstić information content (AvgIpc) is 2.28. The largest absolute Gasteiger partial charge is 0.573 e. The molecule has 3 nitrogen and oxygen atoms in total. The smallest absolute Gasteiger partial charge is 0.406 e. The van der Waals surface area contributed by atoms with Crippen molar-refractivity contribution < 1.29 is 22.7 Å². The zero-order valence-corrected chi connectivity index (χ0v) is 12.0. The molecule has 0 spiro atoms. The molecule has 0 fully saturated rings. The van der Waals surface area contributed by atoms with E-state index in [1.54, 1.807) is 12.1 Å². The molecule has 0 saturated heterocycles. The van der Waals surface area contributed by atoms with Gasteiger partial charge in [-0.25, -0.2) is 0 Å². The first kappa shape index (κ1) is 16.7. The Morgan fingerprint density at radius 3 is 2.40 bits per heavy atom. The fourth-order valence-electron chi connectivity index (χ4n) is 1.41. The highest BCUT2D eigenvalue weighted by atomic mass is 32.2. The average molecular weight is 307 g/mol. The van der Waals surface area contributed by atoms with Gasteiger partial charge in [0, 0.05) is 11.8 Å². The molecular formula is C13H16F3NO2S. The summed E-state index contributed by atoms with van der Waals surface area (Å²) >= 11 is 1.40. The van der Waals surface area contributed by atoms with Crippen molar-refractivity contribution >= 4 is 17.7 Å². The molecule has 1 N–H and O–H groups in total. The molecular weight excluding hydrogens is 291 g/mol. The molecule has 1 amide bonds. The van der Waals surface area contributed by atoms with Gasteiger partial charge in [0.15, 0.2) is 0 Å². The van der Waals surface area contributed by atoms with E-state index in [1.807, 2.05) is 13.8 Å². The molecule has 0 unspecified atom stereocenters. The Morgan fingerprint density at radius 2 is 1.90 bits per heavy atom. The quantitative estimate of drug-likeness (QED) is 0.876. The standard InChI is InChI=1S/C13H16F3NO2S/c1-9(2)17-12(18)8-20-7-10-3-5-11(6-4-10)19-13(14,15)16/h3-6,9H,7-8H2,1-2H3,(H,17,18). The predicted octanol–water partition coefficient (Wildman–Crippen LogP) is 3.34. The molecule has 1 aromatic rings. The number of amides is 1. The van der Waals surface area contributed by atoms with Crippen molar-refractivity contribution in [2.24, 2.45) is 0 Å². The van der Waals surface area contributed by atoms with Crippen LogP contribution in [0.2, 0.25) is 0 Å². The number of ether oxygens (including phenoxy) is 1. The van der Waals surface area contributed by atoms with Gasteiger partial charge in [0.1, 0.15) is 5.75 Å². The lowest BCUT2D eigenvalue weighted by Gasteiger charge is -2.10. The van der Waals surface area contributed by atoms with Gasteiger partial charge in [-0.3, -0.25) is 4.79 Å². The van der Waals surface area contributed by atoms with Crippen LogP contribution in [0.3, 0.4) is 0 Å². The van der Waals surface area contributed by atoms with Crippen molar-refractivity contribution in [3.8, 4) is 5.75 Å². The van der Waals surface area contributed by atoms with Crippen LogP contribution in [0.15, 0.2) is 24.3 Å². The maximum atomic E-state index is 12.0. The lowest BCUT2D eigenvalue weighted by atomic mass is 10.2. The van der Waals surface area contributed by atoms with Gasteiger partial charge in [0.25, 0.3) is 0 Å². The van der Waals surface area contributed by atoms with E-state index in [0.29, 0.717) is 11.5 Å². The predicted molar refractivity (Wildman–Crippen MR) is 72.6 cm³/mol. The van der Waals surface area contributed by atoms with E-state index >= 15 is 0 Å². The van der Waals surface area contributed by atoms with Gasteiger partial charge in [0.05, 0.1) is 5.75 Å². The van der Waals surface area contributed by atoms with Crippen LogP contribution in [0, 0.1) is 0 Å². The highest BCUT2D eigenvalue weighted by Gasteiger charge is 2.30. The highest BCUT2D eigenvalue weighted by molar-refractivity contribution is 7.99. The van der Waals surface area contributed by atoms with Gasteiger partial charge < -0.3 is 10.1 Å². The summed E-state index contributed by atoms with van der Waals surface area (Å²) < 4.78 is 39.7. The van der Waals surface area contributed by atoms with Crippen molar-refractivity contribution in [1.82, 2.24) is 5.32 Å². The second-order valence-corrected chi connectivity index (χ2v) is 5.39. The molecule has 1 aromatic carbocycles. The van der Waals surface area contributed by atoms with E-state index in [-0.39, 0.29) is 17.7 Å². The van der Waals surface area contributed by atoms with Crippen molar-refractivity contribution in [2.75, 3.05) is 5.75 Å². The molecule has 112 valence electrons. The van der Waals surface area contributed by atoms with Crippen molar-refractivity contribution in [1.29, 1.82) is 0 Å². The maximum Gasteiger partial charge on any atom is 0.573 e. The van der Waals surface area contributed by atoms with E-state index in [4.69, 9.17) is 0 Å². The van der Waals surface area contributed by atoms with Crippen LogP contribution in [0.5, 0.6) is 5.75 Å². The number of carbonyl (C=O) groups is 1. The van der Waals surface area contributed by atoms with E-state index in [9.17, 15) is 18.0 Å². The molecule has 0 radical (unpaired) electrons. The molecule has 1 rings (SSSR count). The molecule has 0 atom stereocenters. The summed E-state index contributed by atoms with van der Waals surface area (Å²) in [5.74, 6) is 0.572. The van der Waals surface area contributed by atoms with Crippen LogP contribution in [-0.4, -0.2) is 24.1 Å². The Kier molecular flexibility index (Phi) is 6.19. The minimum Gasteiger partial charge on any atom is -0.406 e. The lowest BCUT2D eigenvalue weighted by Crippen LogP contribution is -2.31. The zero-order chi connectivity index (χ0) is 15.2. The number of hydrogen-bond acceptors (Lipinski definition) is 3. The molecule has 0 bridgehead atoms. The number of alkyl halides is 3. The normalized spacial score (nSPS) is 11.5. The Balaban J connectivity index is 2.37. The van der Waals surface area contributed by atoms with Crippen LogP contribution in [0.25, 0.3) is 0 Å². The third-order valence-electron chi connectivity index (χ3n) is 2.11. The van der Waals surface area contributed by atoms with E-state index < -0.39 is 6.36 Å². The summed E-state index contributed by atoms with van der Waals surface area (Å²) in [6.07, 6.45) is -4.68. The fraction of sp³-hybridized carbons (Fsp3) is 0.462. The molecule has 7 heteroatoms. The van der Waals surface area contributed by atoms with Crippen LogP contribution in [-0.2, 0) is 10.5 Å². The number of nitrogens with one attached hydrogen (secondary N) is 1. The van der Waals surface area contributed by atoms with Gasteiger partial charge in [-0.15, -0.1) is 24.9 Å². The van der Waals surface area contributed by atoms with Gasteiger partial charge in [-0.1, -0.05) is 12.1 Å². The van der Waals surface area contributed by atoms with Gasteiger partial charge in [0.2, 0.25) is 5.91 Å². The summed E-state index contributed by atoms with van der Waals surface area (Å²) in [7, 11) is 0.